The molecule has 0 saturated heterocycles. The summed E-state index contributed by atoms with van der Waals surface area (Å²) in [6.45, 7) is 5.72. The van der Waals surface area contributed by atoms with Gasteiger partial charge in [0.05, 0.1) is 0 Å². The van der Waals surface area contributed by atoms with Gasteiger partial charge in [-0.1, -0.05) is 140 Å². The van der Waals surface area contributed by atoms with Gasteiger partial charge in [0.25, 0.3) is 0 Å². The number of allylic oxidation sites excluding steroid dienone is 6. The molecule has 0 aromatic carbocycles. The lowest BCUT2D eigenvalue weighted by Gasteiger charge is -2.18. The van der Waals surface area contributed by atoms with Gasteiger partial charge in [-0.05, 0) is 90.0 Å². The van der Waals surface area contributed by atoms with E-state index in [-0.39, 0.29) is 11.8 Å². The first kappa shape index (κ1) is 44.1. The van der Waals surface area contributed by atoms with E-state index in [1.54, 1.807) is 0 Å². The molecule has 268 valence electrons. The second kappa shape index (κ2) is 37.6. The van der Waals surface area contributed by atoms with Gasteiger partial charge in [-0.2, -0.15) is 0 Å². The van der Waals surface area contributed by atoms with E-state index in [9.17, 15) is 9.59 Å². The lowest BCUT2D eigenvalue weighted by Crippen LogP contribution is -2.47. The molecular weight excluding hydrogens is 566 g/mol. The number of unbranched alkanes of at least 4 members (excludes halogenated alkanes) is 20. The van der Waals surface area contributed by atoms with Crippen molar-refractivity contribution in [3.63, 3.8) is 0 Å². The van der Waals surface area contributed by atoms with Crippen LogP contribution in [-0.2, 0) is 9.59 Å². The van der Waals surface area contributed by atoms with Crippen molar-refractivity contribution in [2.75, 3.05) is 13.1 Å². The first-order chi connectivity index (χ1) is 22.7. The molecule has 0 aliphatic rings. The highest BCUT2D eigenvalue weighted by atomic mass is 16.2. The predicted octanol–water partition coefficient (Wildman–Crippen LogP) is 11.2. The van der Waals surface area contributed by atoms with Crippen molar-refractivity contribution < 1.29 is 9.59 Å². The van der Waals surface area contributed by atoms with E-state index in [0.29, 0.717) is 25.9 Å². The van der Waals surface area contributed by atoms with Gasteiger partial charge < -0.3 is 16.4 Å². The van der Waals surface area contributed by atoms with E-state index in [1.165, 1.54) is 128 Å². The van der Waals surface area contributed by atoms with E-state index in [0.717, 1.165) is 38.5 Å². The number of rotatable bonds is 35. The van der Waals surface area contributed by atoms with Crippen LogP contribution < -0.4 is 16.4 Å². The zero-order valence-electron chi connectivity index (χ0n) is 30.6. The van der Waals surface area contributed by atoms with E-state index >= 15 is 0 Å². The van der Waals surface area contributed by atoms with Crippen LogP contribution in [0, 0.1) is 0 Å². The van der Waals surface area contributed by atoms with Crippen molar-refractivity contribution in [2.45, 2.75) is 200 Å². The van der Waals surface area contributed by atoms with Crippen molar-refractivity contribution in [2.24, 2.45) is 5.73 Å². The Morgan fingerprint density at radius 1 is 0.543 bits per heavy atom. The van der Waals surface area contributed by atoms with Gasteiger partial charge in [0.15, 0.2) is 0 Å². The quantitative estimate of drug-likeness (QED) is 0.0474. The molecule has 0 radical (unpaired) electrons. The van der Waals surface area contributed by atoms with Gasteiger partial charge in [0.2, 0.25) is 11.8 Å². The van der Waals surface area contributed by atoms with Crippen molar-refractivity contribution >= 4 is 11.8 Å². The summed E-state index contributed by atoms with van der Waals surface area (Å²) in [5.41, 5.74) is 5.70. The molecular formula is C41H77N3O2. The highest BCUT2D eigenvalue weighted by Gasteiger charge is 2.19. The molecule has 1 unspecified atom stereocenters. The Labute approximate surface area is 286 Å². The summed E-state index contributed by atoms with van der Waals surface area (Å²) in [6, 6.07) is -0.469. The third-order valence-corrected chi connectivity index (χ3v) is 8.69. The molecule has 5 nitrogen and oxygen atoms in total. The van der Waals surface area contributed by atoms with Crippen molar-refractivity contribution in [3.8, 4) is 0 Å². The van der Waals surface area contributed by atoms with E-state index < -0.39 is 6.04 Å². The molecule has 0 bridgehead atoms. The van der Waals surface area contributed by atoms with Crippen LogP contribution in [0.3, 0.4) is 0 Å². The van der Waals surface area contributed by atoms with Crippen LogP contribution in [0.25, 0.3) is 0 Å². The molecule has 0 aromatic rings. The summed E-state index contributed by atoms with van der Waals surface area (Å²) in [5, 5.41) is 6.04. The summed E-state index contributed by atoms with van der Waals surface area (Å²) in [5.74, 6) is -0.0718. The fraction of sp³-hybridized carbons (Fsp3) is 0.805. The zero-order chi connectivity index (χ0) is 33.6. The van der Waals surface area contributed by atoms with Gasteiger partial charge in [0, 0.05) is 13.0 Å². The maximum absolute atomic E-state index is 12.8. The Hall–Kier alpha value is -1.88. The zero-order valence-corrected chi connectivity index (χ0v) is 30.6. The average molecular weight is 644 g/mol. The third kappa shape index (κ3) is 33.5. The summed E-state index contributed by atoms with van der Waals surface area (Å²) in [7, 11) is 0. The van der Waals surface area contributed by atoms with Crippen molar-refractivity contribution in [3.05, 3.63) is 36.5 Å². The maximum atomic E-state index is 12.8. The van der Waals surface area contributed by atoms with Crippen molar-refractivity contribution in [1.29, 1.82) is 0 Å². The minimum atomic E-state index is -0.469. The Balaban J connectivity index is 3.81. The third-order valence-electron chi connectivity index (χ3n) is 8.69. The molecule has 0 heterocycles. The molecule has 0 spiro atoms. The van der Waals surface area contributed by atoms with Crippen LogP contribution in [0.5, 0.6) is 0 Å². The molecule has 0 fully saturated rings. The molecule has 0 rings (SSSR count). The van der Waals surface area contributed by atoms with Crippen LogP contribution in [0.4, 0.5) is 0 Å². The van der Waals surface area contributed by atoms with Crippen LogP contribution in [0.2, 0.25) is 0 Å². The standard InChI is InChI=1S/C41H77N3O2/c1-3-5-7-9-11-13-15-17-19-21-23-25-27-29-31-33-38-43-41(46)39(35-34-37-42)44-40(45)36-32-30-28-26-24-22-20-18-16-14-12-10-8-6-4-2/h11,13,17-20,39H,3-10,12,14-16,21-38,42H2,1-2H3,(H,43,46)(H,44,45)/b13-11-,19-17-,20-18-. The average Bonchev–Trinajstić information content (AvgIpc) is 3.06. The number of amides is 2. The molecule has 0 aromatic heterocycles. The fourth-order valence-electron chi connectivity index (χ4n) is 5.66. The normalized spacial score (nSPS) is 12.5. The maximum Gasteiger partial charge on any atom is 0.242 e. The monoisotopic (exact) mass is 644 g/mol. The summed E-state index contributed by atoms with van der Waals surface area (Å²) in [6.07, 6.45) is 46.4. The topological polar surface area (TPSA) is 84.2 Å². The number of hydrogen-bond donors (Lipinski definition) is 3. The van der Waals surface area contributed by atoms with Gasteiger partial charge in [-0.15, -0.1) is 0 Å². The van der Waals surface area contributed by atoms with Gasteiger partial charge in [0.1, 0.15) is 6.04 Å². The molecule has 4 N–H and O–H groups in total. The smallest absolute Gasteiger partial charge is 0.242 e. The molecule has 2 amide bonds. The molecule has 0 aliphatic heterocycles. The van der Waals surface area contributed by atoms with Crippen LogP contribution >= 0.6 is 0 Å². The van der Waals surface area contributed by atoms with Gasteiger partial charge >= 0.3 is 0 Å². The molecule has 1 atom stereocenters. The summed E-state index contributed by atoms with van der Waals surface area (Å²) >= 11 is 0. The van der Waals surface area contributed by atoms with Crippen LogP contribution in [0.1, 0.15) is 194 Å². The number of nitrogens with one attached hydrogen (secondary N) is 2. The van der Waals surface area contributed by atoms with Gasteiger partial charge in [-0.3, -0.25) is 9.59 Å². The fourth-order valence-corrected chi connectivity index (χ4v) is 5.66. The lowest BCUT2D eigenvalue weighted by molar-refractivity contribution is -0.129. The number of nitrogens with two attached hydrogens (primary N) is 1. The summed E-state index contributed by atoms with van der Waals surface area (Å²) < 4.78 is 0. The number of carbonyl (C=O) groups is 2. The second-order valence-corrected chi connectivity index (χ2v) is 13.3. The van der Waals surface area contributed by atoms with E-state index in [1.807, 2.05) is 0 Å². The first-order valence-corrected chi connectivity index (χ1v) is 19.9. The number of carbonyl (C=O) groups excluding carboxylic acids is 2. The molecule has 5 heteroatoms. The Kier molecular flexibility index (Phi) is 36.0. The minimum Gasteiger partial charge on any atom is -0.354 e. The second-order valence-electron chi connectivity index (χ2n) is 13.3. The van der Waals surface area contributed by atoms with Crippen molar-refractivity contribution in [1.82, 2.24) is 10.6 Å². The number of hydrogen-bond acceptors (Lipinski definition) is 3. The SMILES string of the molecule is CCCCC/C=C\C/C=C\CCCCCCCCNC(=O)C(CCCN)NC(=O)CCCCCCC/C=C\CCCCCCCC. The lowest BCUT2D eigenvalue weighted by atomic mass is 10.1. The Morgan fingerprint density at radius 3 is 1.52 bits per heavy atom. The highest BCUT2D eigenvalue weighted by molar-refractivity contribution is 5.87. The Bertz CT molecular complexity index is 746. The highest BCUT2D eigenvalue weighted by Crippen LogP contribution is 2.11. The first-order valence-electron chi connectivity index (χ1n) is 19.9. The van der Waals surface area contributed by atoms with Crippen LogP contribution in [0.15, 0.2) is 36.5 Å². The van der Waals surface area contributed by atoms with Crippen LogP contribution in [-0.4, -0.2) is 30.9 Å². The molecule has 0 aliphatic carbocycles. The molecule has 0 saturated carbocycles. The van der Waals surface area contributed by atoms with Gasteiger partial charge in [-0.25, -0.2) is 0 Å². The van der Waals surface area contributed by atoms with E-state index in [2.05, 4.69) is 60.9 Å². The molecule has 46 heavy (non-hydrogen) atoms. The predicted molar refractivity (Wildman–Crippen MR) is 202 cm³/mol. The van der Waals surface area contributed by atoms with E-state index in [4.69, 9.17) is 5.73 Å². The summed E-state index contributed by atoms with van der Waals surface area (Å²) in [4.78, 5) is 25.3. The minimum absolute atomic E-state index is 0.0106. The largest absolute Gasteiger partial charge is 0.354 e. The Morgan fingerprint density at radius 2 is 0.978 bits per heavy atom.